The molecule has 2 radical (unpaired) electrons. The number of hydrogen-bond donors (Lipinski definition) is 0. The molecule has 1 aromatic carbocycles. The molecule has 2 aromatic rings. The third-order valence-corrected chi connectivity index (χ3v) is 5.85. The molecular weight excluding hydrogens is 346 g/mol. The first-order valence-corrected chi connectivity index (χ1v) is 9.78. The van der Waals surface area contributed by atoms with E-state index in [0.29, 0.717) is 9.52 Å². The molecule has 0 spiro atoms. The van der Waals surface area contributed by atoms with Gasteiger partial charge in [0.1, 0.15) is 0 Å². The van der Waals surface area contributed by atoms with Gasteiger partial charge in [-0.3, -0.25) is 0 Å². The molecule has 0 aliphatic heterocycles. The molecule has 0 N–H and O–H groups in total. The summed E-state index contributed by atoms with van der Waals surface area (Å²) in [5.74, 6) is 0. The number of benzene rings is 1. The van der Waals surface area contributed by atoms with Gasteiger partial charge >= 0.3 is 17.1 Å². The van der Waals surface area contributed by atoms with Crippen molar-refractivity contribution in [3.8, 4) is 0 Å². The number of aromatic nitrogens is 3. The van der Waals surface area contributed by atoms with Crippen LogP contribution in [0.25, 0.3) is 0 Å². The Balaban J connectivity index is 2.43. The predicted molar refractivity (Wildman–Crippen MR) is 105 cm³/mol. The van der Waals surface area contributed by atoms with Crippen molar-refractivity contribution in [1.29, 1.82) is 0 Å². The highest BCUT2D eigenvalue weighted by atomic mass is 28.2. The van der Waals surface area contributed by atoms with Crippen molar-refractivity contribution in [3.05, 3.63) is 92.7 Å². The zero-order valence-corrected chi connectivity index (χ0v) is 15.9. The molecule has 6 nitrogen and oxygen atoms in total. The Bertz CT molecular complexity index is 893. The zero-order chi connectivity index (χ0) is 19.1. The predicted octanol–water partition coefficient (Wildman–Crippen LogP) is 1.36. The molecule has 7 heteroatoms. The quantitative estimate of drug-likeness (QED) is 0.495. The number of allylic oxidation sites excluding steroid dienone is 2. The highest BCUT2D eigenvalue weighted by molar-refractivity contribution is 6.36. The minimum atomic E-state index is -0.630. The van der Waals surface area contributed by atoms with Crippen LogP contribution in [0, 0.1) is 0 Å². The summed E-state index contributed by atoms with van der Waals surface area (Å²) in [4.78, 5) is 37.7. The summed E-state index contributed by atoms with van der Waals surface area (Å²) in [6, 6.07) is 10.0. The fourth-order valence-electron chi connectivity index (χ4n) is 2.77. The molecule has 0 aliphatic rings. The lowest BCUT2D eigenvalue weighted by Crippen LogP contribution is -2.55. The van der Waals surface area contributed by atoms with Crippen molar-refractivity contribution >= 4 is 9.52 Å². The van der Waals surface area contributed by atoms with Crippen LogP contribution in [0.1, 0.15) is 24.4 Å². The van der Waals surface area contributed by atoms with E-state index in [9.17, 15) is 14.4 Å². The molecule has 1 unspecified atom stereocenters. The molecular formula is C19H23N3O3Si. The van der Waals surface area contributed by atoms with Gasteiger partial charge in [0, 0.05) is 6.17 Å². The van der Waals surface area contributed by atoms with Gasteiger partial charge in [0.15, 0.2) is 0 Å². The van der Waals surface area contributed by atoms with Crippen LogP contribution < -0.4 is 17.1 Å². The maximum atomic E-state index is 12.6. The molecule has 1 heterocycles. The summed E-state index contributed by atoms with van der Waals surface area (Å²) in [7, 11) is 0.347. The molecule has 0 fully saturated rings. The van der Waals surface area contributed by atoms with Crippen molar-refractivity contribution < 1.29 is 0 Å². The van der Waals surface area contributed by atoms with Crippen molar-refractivity contribution in [1.82, 2.24) is 13.7 Å². The highest BCUT2D eigenvalue weighted by Crippen LogP contribution is 2.17. The molecule has 0 saturated heterocycles. The lowest BCUT2D eigenvalue weighted by atomic mass is 10.1. The van der Waals surface area contributed by atoms with Crippen LogP contribution >= 0.6 is 0 Å². The molecule has 1 atom stereocenters. The van der Waals surface area contributed by atoms with Crippen molar-refractivity contribution in [2.45, 2.75) is 38.1 Å². The Morgan fingerprint density at radius 1 is 0.923 bits per heavy atom. The van der Waals surface area contributed by atoms with Gasteiger partial charge in [-0.2, -0.15) is 0 Å². The van der Waals surface area contributed by atoms with E-state index in [1.54, 1.807) is 0 Å². The van der Waals surface area contributed by atoms with E-state index >= 15 is 0 Å². The first-order valence-electron chi connectivity index (χ1n) is 8.49. The average Bonchev–Trinajstić information content (AvgIpc) is 2.66. The largest absolute Gasteiger partial charge is 0.336 e. The van der Waals surface area contributed by atoms with Crippen LogP contribution in [0.4, 0.5) is 0 Å². The molecule has 0 aliphatic carbocycles. The maximum absolute atomic E-state index is 12.6. The van der Waals surface area contributed by atoms with Gasteiger partial charge in [-0.15, -0.1) is 13.2 Å². The first kappa shape index (κ1) is 19.6. The Morgan fingerprint density at radius 3 is 1.88 bits per heavy atom. The number of hydrogen-bond acceptors (Lipinski definition) is 3. The minimum Gasteiger partial charge on any atom is -0.248 e. The molecule has 26 heavy (non-hydrogen) atoms. The van der Waals surface area contributed by atoms with Crippen LogP contribution in [0.15, 0.2) is 70.0 Å². The Morgan fingerprint density at radius 2 is 1.42 bits per heavy atom. The van der Waals surface area contributed by atoms with Crippen LogP contribution in [-0.2, 0) is 19.3 Å². The van der Waals surface area contributed by atoms with Gasteiger partial charge in [-0.1, -0.05) is 55.8 Å². The number of rotatable bonds is 9. The van der Waals surface area contributed by atoms with E-state index in [0.717, 1.165) is 20.1 Å². The fraction of sp³-hybridized carbons (Fsp3) is 0.316. The maximum Gasteiger partial charge on any atom is 0.336 e. The van der Waals surface area contributed by atoms with Gasteiger partial charge < -0.3 is 0 Å². The summed E-state index contributed by atoms with van der Waals surface area (Å²) >= 11 is 0. The van der Waals surface area contributed by atoms with E-state index < -0.39 is 17.1 Å². The van der Waals surface area contributed by atoms with E-state index in [2.05, 4.69) is 32.2 Å². The second-order valence-electron chi connectivity index (χ2n) is 5.81. The van der Waals surface area contributed by atoms with Gasteiger partial charge in [-0.05, 0) is 11.1 Å². The second-order valence-corrected chi connectivity index (χ2v) is 7.23. The summed E-state index contributed by atoms with van der Waals surface area (Å²) in [6.07, 6.45) is 4.12. The van der Waals surface area contributed by atoms with Gasteiger partial charge in [0.25, 0.3) is 0 Å². The minimum absolute atomic E-state index is 0.0636. The van der Waals surface area contributed by atoms with Gasteiger partial charge in [-0.25, -0.2) is 28.1 Å². The standard InChI is InChI=1S/C19H23N3O3Si/c1-4-12-20-17(23)21(13-5-2)19(25)22(18(20)24)14-26-16(6-3)15-10-8-7-9-11-15/h4-5,7-11,16H,1-2,6,12-14H2,3H3. The van der Waals surface area contributed by atoms with E-state index in [4.69, 9.17) is 0 Å². The SMILES string of the molecule is C=CCn1c(=O)n(CC=C)c(=O)n(C[Si]C(CC)c2ccccc2)c1=O. The van der Waals surface area contributed by atoms with Gasteiger partial charge in [0.2, 0.25) is 0 Å². The fourth-order valence-corrected chi connectivity index (χ4v) is 4.16. The highest BCUT2D eigenvalue weighted by Gasteiger charge is 2.16. The molecule has 2 rings (SSSR count). The molecule has 1 aromatic heterocycles. The van der Waals surface area contributed by atoms with Crippen molar-refractivity contribution in [3.63, 3.8) is 0 Å². The van der Waals surface area contributed by atoms with E-state index in [1.807, 2.05) is 18.2 Å². The average molecular weight is 369 g/mol. The third kappa shape index (κ3) is 4.11. The van der Waals surface area contributed by atoms with Gasteiger partial charge in [0.05, 0.1) is 22.6 Å². The molecule has 0 amide bonds. The van der Waals surface area contributed by atoms with Crippen molar-refractivity contribution in [2.75, 3.05) is 0 Å². The zero-order valence-electron chi connectivity index (χ0n) is 14.9. The summed E-state index contributed by atoms with van der Waals surface area (Å²) in [6.45, 7) is 9.37. The van der Waals surface area contributed by atoms with E-state index in [1.165, 1.54) is 17.7 Å². The lowest BCUT2D eigenvalue weighted by molar-refractivity contribution is 0.509. The van der Waals surface area contributed by atoms with Crippen LogP contribution in [0.2, 0.25) is 0 Å². The van der Waals surface area contributed by atoms with Crippen LogP contribution in [-0.4, -0.2) is 23.2 Å². The second kappa shape index (κ2) is 9.14. The lowest BCUT2D eigenvalue weighted by Gasteiger charge is -2.16. The Hall–Kier alpha value is -2.67. The normalized spacial score (nSPS) is 11.9. The van der Waals surface area contributed by atoms with Crippen molar-refractivity contribution in [2.24, 2.45) is 0 Å². The van der Waals surface area contributed by atoms with Crippen LogP contribution in [0.3, 0.4) is 0 Å². The Kier molecular flexibility index (Phi) is 6.91. The topological polar surface area (TPSA) is 66.0 Å². The van der Waals surface area contributed by atoms with Crippen LogP contribution in [0.5, 0.6) is 0 Å². The monoisotopic (exact) mass is 369 g/mol. The number of nitrogens with zero attached hydrogens (tertiary/aromatic N) is 3. The summed E-state index contributed by atoms with van der Waals surface area (Å²) < 4.78 is 3.22. The molecule has 136 valence electrons. The molecule has 0 saturated carbocycles. The first-order chi connectivity index (χ1) is 12.5. The Labute approximate surface area is 154 Å². The smallest absolute Gasteiger partial charge is 0.248 e. The summed E-state index contributed by atoms with van der Waals surface area (Å²) in [5.41, 5.74) is -0.358. The third-order valence-electron chi connectivity index (χ3n) is 4.11. The molecule has 0 bridgehead atoms. The van der Waals surface area contributed by atoms with E-state index in [-0.39, 0.29) is 24.8 Å². The summed E-state index contributed by atoms with van der Waals surface area (Å²) in [5, 5.41) is 0.